The van der Waals surface area contributed by atoms with E-state index >= 15 is 0 Å². The fourth-order valence-corrected chi connectivity index (χ4v) is 4.55. The monoisotopic (exact) mass is 418 g/mol. The summed E-state index contributed by atoms with van der Waals surface area (Å²) in [5.74, 6) is -0.605. The average molecular weight is 419 g/mol. The molecule has 5 nitrogen and oxygen atoms in total. The van der Waals surface area contributed by atoms with Gasteiger partial charge in [0.1, 0.15) is 0 Å². The highest BCUT2D eigenvalue weighted by Gasteiger charge is 2.31. The second-order valence-electron chi connectivity index (χ2n) is 5.94. The summed E-state index contributed by atoms with van der Waals surface area (Å²) in [6.07, 6.45) is -4.01. The lowest BCUT2D eigenvalue weighted by Crippen LogP contribution is -2.25. The Morgan fingerprint density at radius 2 is 1.78 bits per heavy atom. The summed E-state index contributed by atoms with van der Waals surface area (Å²) < 4.78 is 63.1. The van der Waals surface area contributed by atoms with Crippen LogP contribution in [0.25, 0.3) is 0 Å². The van der Waals surface area contributed by atoms with Crippen LogP contribution < -0.4 is 9.62 Å². The lowest BCUT2D eigenvalue weighted by atomic mass is 10.1. The van der Waals surface area contributed by atoms with E-state index in [2.05, 4.69) is 5.32 Å². The van der Waals surface area contributed by atoms with Crippen LogP contribution >= 0.6 is 11.6 Å². The van der Waals surface area contributed by atoms with Gasteiger partial charge in [0.15, 0.2) is 0 Å². The normalized spacial score (nSPS) is 16.4. The van der Waals surface area contributed by atoms with Crippen molar-refractivity contribution in [1.82, 2.24) is 0 Å². The minimum atomic E-state index is -4.48. The number of carbonyl (C=O) groups is 1. The Morgan fingerprint density at radius 1 is 1.11 bits per heavy atom. The number of carbonyl (C=O) groups excluding carboxylic acids is 1. The van der Waals surface area contributed by atoms with Crippen molar-refractivity contribution in [3.63, 3.8) is 0 Å². The quantitative estimate of drug-likeness (QED) is 0.814. The second kappa shape index (κ2) is 7.05. The number of amides is 1. The van der Waals surface area contributed by atoms with E-state index in [0.717, 1.165) is 24.3 Å². The number of nitrogens with one attached hydrogen (secondary N) is 1. The number of sulfonamides is 1. The highest BCUT2D eigenvalue weighted by molar-refractivity contribution is 7.93. The Bertz CT molecular complexity index is 976. The van der Waals surface area contributed by atoms with Crippen molar-refractivity contribution < 1.29 is 26.4 Å². The van der Waals surface area contributed by atoms with Crippen molar-refractivity contribution in [1.29, 1.82) is 0 Å². The van der Waals surface area contributed by atoms with Crippen LogP contribution in [-0.2, 0) is 16.2 Å². The van der Waals surface area contributed by atoms with Gasteiger partial charge in [-0.25, -0.2) is 8.42 Å². The first-order valence-corrected chi connectivity index (χ1v) is 9.85. The minimum absolute atomic E-state index is 0.0193. The van der Waals surface area contributed by atoms with Crippen LogP contribution in [0.4, 0.5) is 24.5 Å². The van der Waals surface area contributed by atoms with Gasteiger partial charge in [0.2, 0.25) is 10.0 Å². The number of nitrogens with zero attached hydrogens (tertiary/aromatic N) is 1. The van der Waals surface area contributed by atoms with Gasteiger partial charge in [-0.3, -0.25) is 9.10 Å². The van der Waals surface area contributed by atoms with Crippen molar-refractivity contribution in [3.8, 4) is 0 Å². The molecule has 0 aliphatic carbocycles. The summed E-state index contributed by atoms with van der Waals surface area (Å²) in [4.78, 5) is 12.3. The van der Waals surface area contributed by atoms with Gasteiger partial charge in [-0.2, -0.15) is 13.2 Å². The molecular weight excluding hydrogens is 405 g/mol. The van der Waals surface area contributed by atoms with E-state index in [-0.39, 0.29) is 27.7 Å². The van der Waals surface area contributed by atoms with E-state index < -0.39 is 27.7 Å². The van der Waals surface area contributed by atoms with Crippen LogP contribution in [0.1, 0.15) is 22.3 Å². The van der Waals surface area contributed by atoms with Gasteiger partial charge in [-0.1, -0.05) is 11.6 Å². The largest absolute Gasteiger partial charge is 0.416 e. The smallest absolute Gasteiger partial charge is 0.322 e. The molecule has 2 aromatic carbocycles. The molecular formula is C17H14ClF3N2O3S. The van der Waals surface area contributed by atoms with E-state index in [1.54, 1.807) is 0 Å². The van der Waals surface area contributed by atoms with Gasteiger partial charge in [0.25, 0.3) is 5.91 Å². The maximum Gasteiger partial charge on any atom is 0.416 e. The molecule has 10 heteroatoms. The van der Waals surface area contributed by atoms with Crippen molar-refractivity contribution >= 4 is 38.9 Å². The molecule has 2 aromatic rings. The molecule has 1 heterocycles. The zero-order chi connectivity index (χ0) is 19.8. The summed E-state index contributed by atoms with van der Waals surface area (Å²) >= 11 is 6.09. The fourth-order valence-electron chi connectivity index (χ4n) is 2.71. The van der Waals surface area contributed by atoms with Crippen LogP contribution in [-0.4, -0.2) is 26.6 Å². The van der Waals surface area contributed by atoms with Gasteiger partial charge in [0, 0.05) is 17.8 Å². The third-order valence-electron chi connectivity index (χ3n) is 4.05. The molecule has 1 N–H and O–H groups in total. The molecule has 0 bridgehead atoms. The first-order valence-electron chi connectivity index (χ1n) is 7.86. The zero-order valence-corrected chi connectivity index (χ0v) is 15.3. The highest BCUT2D eigenvalue weighted by Crippen LogP contribution is 2.34. The molecule has 144 valence electrons. The van der Waals surface area contributed by atoms with E-state index in [4.69, 9.17) is 11.6 Å². The SMILES string of the molecule is O=C(Nc1ccc(Cl)c(N2CCCS2(=O)=O)c1)c1ccc(C(F)(F)F)cc1. The number of benzene rings is 2. The molecule has 0 aromatic heterocycles. The molecule has 0 spiro atoms. The van der Waals surface area contributed by atoms with Gasteiger partial charge in [-0.15, -0.1) is 0 Å². The standard InChI is InChI=1S/C17H14ClF3N2O3S/c18-14-7-6-13(10-15(14)23-8-1-9-27(23,25)26)22-16(24)11-2-4-12(5-3-11)17(19,20)21/h2-7,10H,1,8-9H2,(H,22,24). The number of halogens is 4. The van der Waals surface area contributed by atoms with Crippen molar-refractivity contribution in [2.45, 2.75) is 12.6 Å². The van der Waals surface area contributed by atoms with Crippen molar-refractivity contribution in [2.24, 2.45) is 0 Å². The first kappa shape index (κ1) is 19.5. The molecule has 1 aliphatic rings. The third-order valence-corrected chi connectivity index (χ3v) is 6.22. The molecule has 1 aliphatic heterocycles. The van der Waals surface area contributed by atoms with Gasteiger partial charge >= 0.3 is 6.18 Å². The Kier molecular flexibility index (Phi) is 5.09. The summed E-state index contributed by atoms with van der Waals surface area (Å²) in [5, 5.41) is 2.75. The molecule has 3 rings (SSSR count). The third kappa shape index (κ3) is 4.19. The first-order chi connectivity index (χ1) is 12.6. The van der Waals surface area contributed by atoms with Crippen molar-refractivity contribution in [3.05, 3.63) is 58.6 Å². The second-order valence-corrected chi connectivity index (χ2v) is 8.36. The van der Waals surface area contributed by atoms with Crippen molar-refractivity contribution in [2.75, 3.05) is 21.9 Å². The molecule has 1 saturated heterocycles. The number of hydrogen-bond acceptors (Lipinski definition) is 3. The average Bonchev–Trinajstić information content (AvgIpc) is 2.95. The Hall–Kier alpha value is -2.26. The fraction of sp³-hybridized carbons (Fsp3) is 0.235. The van der Waals surface area contributed by atoms with Gasteiger partial charge < -0.3 is 5.32 Å². The van der Waals surface area contributed by atoms with Gasteiger partial charge in [-0.05, 0) is 48.9 Å². The molecule has 0 atom stereocenters. The van der Waals surface area contributed by atoms with Crippen LogP contribution in [0.15, 0.2) is 42.5 Å². The number of alkyl halides is 3. The van der Waals surface area contributed by atoms with Crippen LogP contribution in [0.3, 0.4) is 0 Å². The van der Waals surface area contributed by atoms with E-state index in [1.807, 2.05) is 0 Å². The predicted octanol–water partition coefficient (Wildman–Crippen LogP) is 4.15. The summed E-state index contributed by atoms with van der Waals surface area (Å²) in [5.41, 5.74) is -0.291. The molecule has 27 heavy (non-hydrogen) atoms. The highest BCUT2D eigenvalue weighted by atomic mass is 35.5. The molecule has 1 amide bonds. The molecule has 1 fully saturated rings. The van der Waals surface area contributed by atoms with Crippen LogP contribution in [0, 0.1) is 0 Å². The molecule has 0 radical (unpaired) electrons. The summed E-state index contributed by atoms with van der Waals surface area (Å²) in [6.45, 7) is 0.290. The van der Waals surface area contributed by atoms with Crippen LogP contribution in [0.5, 0.6) is 0 Å². The van der Waals surface area contributed by atoms with Crippen LogP contribution in [0.2, 0.25) is 5.02 Å². The predicted molar refractivity (Wildman–Crippen MR) is 96.6 cm³/mol. The van der Waals surface area contributed by atoms with E-state index in [0.29, 0.717) is 13.0 Å². The lowest BCUT2D eigenvalue weighted by Gasteiger charge is -2.19. The van der Waals surface area contributed by atoms with E-state index in [1.165, 1.54) is 22.5 Å². The Morgan fingerprint density at radius 3 is 2.33 bits per heavy atom. The van der Waals surface area contributed by atoms with E-state index in [9.17, 15) is 26.4 Å². The number of hydrogen-bond donors (Lipinski definition) is 1. The Labute approximate surface area is 158 Å². The number of anilines is 2. The molecule has 0 saturated carbocycles. The maximum absolute atomic E-state index is 12.6. The minimum Gasteiger partial charge on any atom is -0.322 e. The molecule has 0 unspecified atom stereocenters. The zero-order valence-electron chi connectivity index (χ0n) is 13.8. The summed E-state index contributed by atoms with van der Waals surface area (Å²) in [6, 6.07) is 8.13. The maximum atomic E-state index is 12.6. The topological polar surface area (TPSA) is 66.5 Å². The lowest BCUT2D eigenvalue weighted by molar-refractivity contribution is -0.137. The van der Waals surface area contributed by atoms with Gasteiger partial charge in [0.05, 0.1) is 22.0 Å². The Balaban J connectivity index is 1.82. The summed E-state index contributed by atoms with van der Waals surface area (Å²) in [7, 11) is -3.45. The number of rotatable bonds is 3.